The Bertz CT molecular complexity index is 1380. The maximum Gasteiger partial charge on any atom is 0.221 e. The average Bonchev–Trinajstić information content (AvgIpc) is 3.23. The molecule has 10 heteroatoms. The molecule has 0 radical (unpaired) electrons. The Hall–Kier alpha value is -4.16. The van der Waals surface area contributed by atoms with Crippen LogP contribution in [0, 0.1) is 11.3 Å². The van der Waals surface area contributed by atoms with Gasteiger partial charge in [0.1, 0.15) is 17.6 Å². The second kappa shape index (κ2) is 9.14. The summed E-state index contributed by atoms with van der Waals surface area (Å²) in [6.45, 7) is 0.321. The Morgan fingerprint density at radius 2 is 1.97 bits per heavy atom. The fourth-order valence-electron chi connectivity index (χ4n) is 3.56. The van der Waals surface area contributed by atoms with Gasteiger partial charge in [-0.1, -0.05) is 11.6 Å². The van der Waals surface area contributed by atoms with Gasteiger partial charge in [0.05, 0.1) is 32.0 Å². The first-order chi connectivity index (χ1) is 15.9. The SMILES string of the molecule is COc1cc(Cc2cnc(N)nc2N)c2cc(CNc3cc(Cl)ccc3C#N)oc2c1OC. The van der Waals surface area contributed by atoms with E-state index in [0.717, 1.165) is 16.5 Å². The van der Waals surface area contributed by atoms with Crippen LogP contribution in [0.5, 0.6) is 11.5 Å². The fourth-order valence-corrected chi connectivity index (χ4v) is 3.73. The highest BCUT2D eigenvalue weighted by atomic mass is 35.5. The summed E-state index contributed by atoms with van der Waals surface area (Å²) >= 11 is 6.08. The van der Waals surface area contributed by atoms with Crippen LogP contribution in [0.3, 0.4) is 0 Å². The Labute approximate surface area is 194 Å². The lowest BCUT2D eigenvalue weighted by molar-refractivity contribution is 0.352. The van der Waals surface area contributed by atoms with Crippen LogP contribution in [0.2, 0.25) is 5.02 Å². The Morgan fingerprint density at radius 1 is 1.15 bits per heavy atom. The van der Waals surface area contributed by atoms with Crippen LogP contribution in [0.25, 0.3) is 11.0 Å². The van der Waals surface area contributed by atoms with Crippen molar-refractivity contribution in [3.63, 3.8) is 0 Å². The van der Waals surface area contributed by atoms with Crippen molar-refractivity contribution in [1.29, 1.82) is 5.26 Å². The van der Waals surface area contributed by atoms with Gasteiger partial charge in [-0.15, -0.1) is 0 Å². The zero-order valence-corrected chi connectivity index (χ0v) is 18.7. The number of rotatable bonds is 7. The molecule has 0 unspecified atom stereocenters. The highest BCUT2D eigenvalue weighted by Crippen LogP contribution is 2.40. The van der Waals surface area contributed by atoms with Crippen molar-refractivity contribution in [3.05, 3.63) is 64.0 Å². The summed E-state index contributed by atoms with van der Waals surface area (Å²) in [6.07, 6.45) is 2.04. The van der Waals surface area contributed by atoms with Gasteiger partial charge in [0, 0.05) is 28.6 Å². The van der Waals surface area contributed by atoms with Gasteiger partial charge in [0.25, 0.3) is 0 Å². The van der Waals surface area contributed by atoms with E-state index in [1.165, 1.54) is 0 Å². The number of halogens is 1. The second-order valence-corrected chi connectivity index (χ2v) is 7.63. The van der Waals surface area contributed by atoms with Gasteiger partial charge < -0.3 is 30.7 Å². The Kier molecular flexibility index (Phi) is 6.11. The maximum atomic E-state index is 9.35. The van der Waals surface area contributed by atoms with Gasteiger partial charge in [0.2, 0.25) is 11.7 Å². The van der Waals surface area contributed by atoms with Crippen LogP contribution in [-0.2, 0) is 13.0 Å². The molecule has 0 spiro atoms. The first-order valence-electron chi connectivity index (χ1n) is 9.90. The highest BCUT2D eigenvalue weighted by molar-refractivity contribution is 6.30. The number of anilines is 3. The van der Waals surface area contributed by atoms with Crippen molar-refractivity contribution < 1.29 is 13.9 Å². The molecule has 0 atom stereocenters. The minimum atomic E-state index is 0.114. The normalized spacial score (nSPS) is 10.7. The first kappa shape index (κ1) is 22.0. The molecule has 0 saturated heterocycles. The van der Waals surface area contributed by atoms with Crippen LogP contribution < -0.4 is 26.3 Å². The quantitative estimate of drug-likeness (QED) is 0.367. The number of ether oxygens (including phenoxy) is 2. The fraction of sp³-hybridized carbons (Fsp3) is 0.174. The number of hydrogen-bond acceptors (Lipinski definition) is 9. The lowest BCUT2D eigenvalue weighted by Gasteiger charge is -2.12. The molecule has 0 bridgehead atoms. The monoisotopic (exact) mass is 464 g/mol. The van der Waals surface area contributed by atoms with Gasteiger partial charge in [-0.05, 0) is 35.9 Å². The molecule has 4 rings (SSSR count). The summed E-state index contributed by atoms with van der Waals surface area (Å²) in [5.41, 5.74) is 14.9. The molecule has 168 valence electrons. The van der Waals surface area contributed by atoms with Crippen LogP contribution >= 0.6 is 11.6 Å². The number of nitrogens with zero attached hydrogens (tertiary/aromatic N) is 3. The average molecular weight is 465 g/mol. The summed E-state index contributed by atoms with van der Waals surface area (Å²) < 4.78 is 17.2. The topological polar surface area (TPSA) is 145 Å². The lowest BCUT2D eigenvalue weighted by atomic mass is 10.0. The first-order valence-corrected chi connectivity index (χ1v) is 10.3. The van der Waals surface area contributed by atoms with Crippen molar-refractivity contribution >= 4 is 40.0 Å². The summed E-state index contributed by atoms with van der Waals surface area (Å²) in [5, 5.41) is 13.9. The van der Waals surface area contributed by atoms with Gasteiger partial charge in [-0.2, -0.15) is 10.2 Å². The molecule has 5 N–H and O–H groups in total. The molecule has 2 aromatic heterocycles. The number of nitrogens with one attached hydrogen (secondary N) is 1. The Morgan fingerprint density at radius 3 is 2.67 bits per heavy atom. The molecule has 0 aliphatic rings. The van der Waals surface area contributed by atoms with Gasteiger partial charge in [0.15, 0.2) is 11.3 Å². The van der Waals surface area contributed by atoms with E-state index in [1.807, 2.05) is 12.1 Å². The number of nitrogens with two attached hydrogens (primary N) is 2. The third-order valence-corrected chi connectivity index (χ3v) is 5.38. The highest BCUT2D eigenvalue weighted by Gasteiger charge is 2.20. The van der Waals surface area contributed by atoms with E-state index in [-0.39, 0.29) is 5.95 Å². The van der Waals surface area contributed by atoms with Gasteiger partial charge >= 0.3 is 0 Å². The van der Waals surface area contributed by atoms with E-state index >= 15 is 0 Å². The number of furan rings is 1. The third kappa shape index (κ3) is 4.42. The molecule has 0 aliphatic carbocycles. The second-order valence-electron chi connectivity index (χ2n) is 7.20. The molecular weight excluding hydrogens is 444 g/mol. The van der Waals surface area contributed by atoms with E-state index in [1.54, 1.807) is 38.6 Å². The molecule has 2 aromatic carbocycles. The van der Waals surface area contributed by atoms with Crippen molar-refractivity contribution in [1.82, 2.24) is 9.97 Å². The number of aromatic nitrogens is 2. The van der Waals surface area contributed by atoms with Gasteiger partial charge in [-0.25, -0.2) is 4.98 Å². The molecule has 0 amide bonds. The van der Waals surface area contributed by atoms with Crippen LogP contribution in [0.15, 0.2) is 40.9 Å². The molecular formula is C23H21ClN6O3. The molecule has 33 heavy (non-hydrogen) atoms. The summed E-state index contributed by atoms with van der Waals surface area (Å²) in [7, 11) is 3.11. The zero-order chi connectivity index (χ0) is 23.5. The third-order valence-electron chi connectivity index (χ3n) is 5.14. The predicted octanol–water partition coefficient (Wildman–Crippen LogP) is 4.13. The van der Waals surface area contributed by atoms with Crippen molar-refractivity contribution in [3.8, 4) is 17.6 Å². The number of benzene rings is 2. The number of hydrogen-bond donors (Lipinski definition) is 3. The van der Waals surface area contributed by atoms with E-state index in [2.05, 4.69) is 21.4 Å². The van der Waals surface area contributed by atoms with Crippen LogP contribution in [-0.4, -0.2) is 24.2 Å². The largest absolute Gasteiger partial charge is 0.493 e. The van der Waals surface area contributed by atoms with Crippen molar-refractivity contribution in [2.24, 2.45) is 0 Å². The summed E-state index contributed by atoms with van der Waals surface area (Å²) in [4.78, 5) is 8.08. The number of methoxy groups -OCH3 is 2. The minimum Gasteiger partial charge on any atom is -0.493 e. The van der Waals surface area contributed by atoms with E-state index in [4.69, 9.17) is 37.0 Å². The smallest absolute Gasteiger partial charge is 0.221 e. The van der Waals surface area contributed by atoms with Crippen LogP contribution in [0.1, 0.15) is 22.5 Å². The molecule has 0 aliphatic heterocycles. The zero-order valence-electron chi connectivity index (χ0n) is 18.0. The van der Waals surface area contributed by atoms with Gasteiger partial charge in [-0.3, -0.25) is 0 Å². The predicted molar refractivity (Wildman–Crippen MR) is 126 cm³/mol. The molecule has 0 saturated carbocycles. The molecule has 0 fully saturated rings. The molecule has 4 aromatic rings. The van der Waals surface area contributed by atoms with Crippen molar-refractivity contribution in [2.45, 2.75) is 13.0 Å². The maximum absolute atomic E-state index is 9.35. The van der Waals surface area contributed by atoms with E-state index < -0.39 is 0 Å². The number of nitriles is 1. The minimum absolute atomic E-state index is 0.114. The van der Waals surface area contributed by atoms with Crippen LogP contribution in [0.4, 0.5) is 17.5 Å². The molecule has 2 heterocycles. The Balaban J connectivity index is 1.74. The summed E-state index contributed by atoms with van der Waals surface area (Å²) in [6, 6.07) is 10.9. The van der Waals surface area contributed by atoms with E-state index in [0.29, 0.717) is 57.9 Å². The van der Waals surface area contributed by atoms with E-state index in [9.17, 15) is 5.26 Å². The number of nitrogen functional groups attached to an aromatic ring is 2. The molecule has 9 nitrogen and oxygen atoms in total. The lowest BCUT2D eigenvalue weighted by Crippen LogP contribution is -2.04. The number of fused-ring (bicyclic) bond motifs is 1. The standard InChI is InChI=1S/C23H21ClN6O3/c1-31-19-6-13(5-14-10-29-23(27)30-22(14)26)17-8-16(33-20(17)21(19)32-2)11-28-18-7-15(24)4-3-12(18)9-25/h3-4,6-8,10,28H,5,11H2,1-2H3,(H4,26,27,29,30). The van der Waals surface area contributed by atoms with Crippen molar-refractivity contribution in [2.75, 3.05) is 31.0 Å². The summed E-state index contributed by atoms with van der Waals surface area (Å²) in [5.74, 6) is 2.04.